The molecule has 0 bridgehead atoms. The van der Waals surface area contributed by atoms with Crippen LogP contribution in [-0.4, -0.2) is 57.3 Å². The number of rotatable bonds is 5. The first-order valence-corrected chi connectivity index (χ1v) is 12.5. The van der Waals surface area contributed by atoms with Crippen LogP contribution in [0.5, 0.6) is 0 Å². The number of fused-ring (bicyclic) bond motifs is 3. The average molecular weight is 550 g/mol. The highest BCUT2D eigenvalue weighted by atomic mass is 19.4. The van der Waals surface area contributed by atoms with Crippen LogP contribution in [0, 0.1) is 0 Å². The number of aromatic amines is 1. The Hall–Kier alpha value is -4.51. The maximum Gasteiger partial charge on any atom is 0.490 e. The minimum atomic E-state index is -5.08. The van der Waals surface area contributed by atoms with E-state index in [2.05, 4.69) is 88.0 Å². The molecule has 4 aromatic rings. The number of nitrogens with one attached hydrogen (secondary N) is 2. The summed E-state index contributed by atoms with van der Waals surface area (Å²) in [4.78, 5) is 28.2. The number of carbonyl (C=O) groups excluding carboxylic acids is 1. The zero-order chi connectivity index (χ0) is 28.7. The number of nitrogens with zero attached hydrogens (tertiary/aromatic N) is 3. The van der Waals surface area contributed by atoms with Crippen molar-refractivity contribution in [1.29, 1.82) is 0 Å². The predicted octanol–water partition coefficient (Wildman–Crippen LogP) is 5.20. The predicted molar refractivity (Wildman–Crippen MR) is 144 cm³/mol. The fourth-order valence-corrected chi connectivity index (χ4v) is 5.10. The molecule has 6 rings (SSSR count). The van der Waals surface area contributed by atoms with E-state index >= 15 is 0 Å². The van der Waals surface area contributed by atoms with Crippen molar-refractivity contribution < 1.29 is 27.9 Å². The Morgan fingerprint density at radius 2 is 1.88 bits per heavy atom. The molecule has 1 aliphatic heterocycles. The average Bonchev–Trinajstić information content (AvgIpc) is 3.44. The fraction of sp³-hybridized carbons (Fsp3) is 0.241. The number of hydrogen-bond acceptors (Lipinski definition) is 5. The Bertz CT molecular complexity index is 1610. The lowest BCUT2D eigenvalue weighted by Gasteiger charge is -2.09. The van der Waals surface area contributed by atoms with Gasteiger partial charge in [0.2, 0.25) is 5.91 Å². The van der Waals surface area contributed by atoms with Crippen LogP contribution in [0.4, 0.5) is 19.0 Å². The van der Waals surface area contributed by atoms with E-state index in [1.54, 1.807) is 6.20 Å². The van der Waals surface area contributed by atoms with Gasteiger partial charge in [-0.3, -0.25) is 9.89 Å². The SMILES string of the molecule is CN(C)Cc1ccc(/C=C/c2n[nH]c3cc(C4CC45C(=O)Nc4ncccc45)ccc23)cc1.O=C(O)C(F)(F)F. The number of benzene rings is 2. The molecule has 11 heteroatoms. The smallest absolute Gasteiger partial charge is 0.475 e. The van der Waals surface area contributed by atoms with E-state index in [1.807, 2.05) is 18.2 Å². The molecule has 8 nitrogen and oxygen atoms in total. The largest absolute Gasteiger partial charge is 0.490 e. The van der Waals surface area contributed by atoms with E-state index in [0.29, 0.717) is 5.82 Å². The van der Waals surface area contributed by atoms with Gasteiger partial charge in [-0.25, -0.2) is 9.78 Å². The Kier molecular flexibility index (Phi) is 6.92. The molecule has 2 aliphatic rings. The number of anilines is 1. The molecule has 3 heterocycles. The topological polar surface area (TPSA) is 111 Å². The first kappa shape index (κ1) is 27.1. The van der Waals surface area contributed by atoms with Gasteiger partial charge in [0.1, 0.15) is 5.82 Å². The molecular formula is C29H26F3N5O3. The molecule has 2 aromatic carbocycles. The fourth-order valence-electron chi connectivity index (χ4n) is 5.10. The molecule has 3 N–H and O–H groups in total. The molecule has 1 spiro atoms. The second-order valence-electron chi connectivity index (χ2n) is 10.1. The third-order valence-electron chi connectivity index (χ3n) is 7.06. The number of pyridine rings is 1. The van der Waals surface area contributed by atoms with Gasteiger partial charge in [-0.05, 0) is 55.4 Å². The van der Waals surface area contributed by atoms with Crippen molar-refractivity contribution >= 4 is 40.7 Å². The molecule has 2 unspecified atom stereocenters. The van der Waals surface area contributed by atoms with E-state index < -0.39 is 17.6 Å². The van der Waals surface area contributed by atoms with Crippen molar-refractivity contribution in [1.82, 2.24) is 20.1 Å². The maximum absolute atomic E-state index is 12.8. The summed E-state index contributed by atoms with van der Waals surface area (Å²) in [5.41, 5.74) is 6.04. The zero-order valence-corrected chi connectivity index (χ0v) is 21.7. The lowest BCUT2D eigenvalue weighted by Crippen LogP contribution is -2.21. The second-order valence-corrected chi connectivity index (χ2v) is 10.1. The van der Waals surface area contributed by atoms with Crippen LogP contribution in [0.25, 0.3) is 23.1 Å². The number of alkyl halides is 3. The number of aromatic nitrogens is 3. The number of carboxylic acids is 1. The number of hydrogen-bond donors (Lipinski definition) is 3. The van der Waals surface area contributed by atoms with Gasteiger partial charge in [0.05, 0.1) is 16.6 Å². The molecule has 0 radical (unpaired) electrons. The van der Waals surface area contributed by atoms with Crippen molar-refractivity contribution in [3.63, 3.8) is 0 Å². The van der Waals surface area contributed by atoms with Crippen LogP contribution in [-0.2, 0) is 21.5 Å². The monoisotopic (exact) mass is 549 g/mol. The summed E-state index contributed by atoms with van der Waals surface area (Å²) < 4.78 is 31.7. The minimum Gasteiger partial charge on any atom is -0.475 e. The Balaban J connectivity index is 0.000000411. The van der Waals surface area contributed by atoms with E-state index in [9.17, 15) is 18.0 Å². The number of halogens is 3. The van der Waals surface area contributed by atoms with Crippen molar-refractivity contribution in [3.05, 3.63) is 88.7 Å². The number of amides is 1. The highest BCUT2D eigenvalue weighted by Crippen LogP contribution is 2.64. The highest BCUT2D eigenvalue weighted by Gasteiger charge is 2.65. The van der Waals surface area contributed by atoms with Crippen LogP contribution in [0.2, 0.25) is 0 Å². The van der Waals surface area contributed by atoms with Gasteiger partial charge in [-0.15, -0.1) is 0 Å². The van der Waals surface area contributed by atoms with E-state index in [1.165, 1.54) is 5.56 Å². The molecule has 2 atom stereocenters. The van der Waals surface area contributed by atoms with Gasteiger partial charge < -0.3 is 15.3 Å². The van der Waals surface area contributed by atoms with Gasteiger partial charge in [-0.2, -0.15) is 18.3 Å². The van der Waals surface area contributed by atoms with Crippen molar-refractivity contribution in [2.75, 3.05) is 19.4 Å². The van der Waals surface area contributed by atoms with Gasteiger partial charge in [0.25, 0.3) is 0 Å². The molecule has 1 aliphatic carbocycles. The summed E-state index contributed by atoms with van der Waals surface area (Å²) in [6.07, 6.45) is 1.59. The quantitative estimate of drug-likeness (QED) is 0.316. The molecular weight excluding hydrogens is 523 g/mol. The number of carboxylic acid groups (broad SMARTS) is 1. The second kappa shape index (κ2) is 10.2. The van der Waals surface area contributed by atoms with Gasteiger partial charge in [0, 0.05) is 29.6 Å². The first-order chi connectivity index (χ1) is 19.0. The third-order valence-corrected chi connectivity index (χ3v) is 7.06. The molecule has 40 heavy (non-hydrogen) atoms. The third kappa shape index (κ3) is 5.20. The zero-order valence-electron chi connectivity index (χ0n) is 21.7. The first-order valence-electron chi connectivity index (χ1n) is 12.5. The van der Waals surface area contributed by atoms with Crippen LogP contribution >= 0.6 is 0 Å². The summed E-state index contributed by atoms with van der Waals surface area (Å²) >= 11 is 0. The number of H-pyrrole nitrogens is 1. The van der Waals surface area contributed by atoms with Crippen molar-refractivity contribution in [3.8, 4) is 0 Å². The normalized spacial score (nSPS) is 19.6. The van der Waals surface area contributed by atoms with Crippen LogP contribution in [0.15, 0.2) is 60.8 Å². The summed E-state index contributed by atoms with van der Waals surface area (Å²) in [5.74, 6) is -1.83. The van der Waals surface area contributed by atoms with Crippen LogP contribution in [0.1, 0.15) is 40.3 Å². The maximum atomic E-state index is 12.8. The van der Waals surface area contributed by atoms with Gasteiger partial charge >= 0.3 is 12.1 Å². The molecule has 206 valence electrons. The van der Waals surface area contributed by atoms with E-state index in [4.69, 9.17) is 9.90 Å². The Morgan fingerprint density at radius 1 is 1.15 bits per heavy atom. The lowest BCUT2D eigenvalue weighted by atomic mass is 9.93. The number of aliphatic carboxylic acids is 1. The van der Waals surface area contributed by atoms with Crippen molar-refractivity contribution in [2.24, 2.45) is 0 Å². The Labute approximate surface area is 227 Å². The van der Waals surface area contributed by atoms with Gasteiger partial charge in [-0.1, -0.05) is 48.5 Å². The minimum absolute atomic E-state index is 0.0612. The molecule has 1 saturated carbocycles. The summed E-state index contributed by atoms with van der Waals surface area (Å²) in [5, 5.41) is 18.8. The van der Waals surface area contributed by atoms with Crippen molar-refractivity contribution in [2.45, 2.75) is 30.5 Å². The number of carbonyl (C=O) groups is 2. The van der Waals surface area contributed by atoms with E-state index in [-0.39, 0.29) is 11.8 Å². The summed E-state index contributed by atoms with van der Waals surface area (Å²) in [6, 6.07) is 18.9. The lowest BCUT2D eigenvalue weighted by molar-refractivity contribution is -0.192. The highest BCUT2D eigenvalue weighted by molar-refractivity contribution is 6.09. The Morgan fingerprint density at radius 3 is 2.55 bits per heavy atom. The van der Waals surface area contributed by atoms with Crippen LogP contribution in [0.3, 0.4) is 0 Å². The van der Waals surface area contributed by atoms with E-state index in [0.717, 1.165) is 46.3 Å². The summed E-state index contributed by atoms with van der Waals surface area (Å²) in [7, 11) is 4.15. The molecule has 0 saturated heterocycles. The standard InChI is InChI=1S/C27H25N5O.C2HF3O2/c1-32(2)16-18-7-5-17(6-8-18)9-12-23-20-11-10-19(14-24(20)31-30-23)22-15-27(22)21-4-3-13-28-25(21)29-26(27)33;3-2(4,5)1(6)7/h3-14,22H,15-16H2,1-2H3,(H,30,31)(H,28,29,33);(H,6,7)/b12-9+;. The van der Waals surface area contributed by atoms with Gasteiger partial charge in [0.15, 0.2) is 0 Å². The summed E-state index contributed by atoms with van der Waals surface area (Å²) in [6.45, 7) is 0.933. The molecule has 1 amide bonds. The van der Waals surface area contributed by atoms with Crippen LogP contribution < -0.4 is 5.32 Å². The molecule has 1 fully saturated rings. The molecule has 2 aromatic heterocycles.